The predicted molar refractivity (Wildman–Crippen MR) is 116 cm³/mol. The van der Waals surface area contributed by atoms with E-state index < -0.39 is 5.97 Å². The van der Waals surface area contributed by atoms with Crippen molar-refractivity contribution in [2.75, 3.05) is 13.2 Å². The molecule has 1 aromatic heterocycles. The van der Waals surface area contributed by atoms with E-state index in [2.05, 4.69) is 5.10 Å². The first-order chi connectivity index (χ1) is 15.5. The minimum absolute atomic E-state index is 0.0163. The Morgan fingerprint density at radius 3 is 2.28 bits per heavy atom. The smallest absolute Gasteiger partial charge is 0.359 e. The summed E-state index contributed by atoms with van der Waals surface area (Å²) >= 11 is 0. The number of hydrogen-bond acceptors (Lipinski definition) is 6. The summed E-state index contributed by atoms with van der Waals surface area (Å²) in [6, 6.07) is 11.9. The number of para-hydroxylation sites is 1. The molecule has 1 heterocycles. The van der Waals surface area contributed by atoms with E-state index in [9.17, 15) is 14.4 Å². The van der Waals surface area contributed by atoms with Crippen LogP contribution in [-0.4, -0.2) is 34.7 Å². The Hall–Kier alpha value is -2.96. The van der Waals surface area contributed by atoms with Gasteiger partial charge in [-0.2, -0.15) is 5.10 Å². The molecule has 0 atom stereocenters. The summed E-state index contributed by atoms with van der Waals surface area (Å²) in [4.78, 5) is 37.7. The van der Waals surface area contributed by atoms with E-state index in [1.165, 1.54) is 36.1 Å². The monoisotopic (exact) mass is 436 g/mol. The molecule has 0 amide bonds. The lowest BCUT2D eigenvalue weighted by Gasteiger charge is -2.55. The van der Waals surface area contributed by atoms with Gasteiger partial charge in [0.2, 0.25) is 0 Å². The molecular weight excluding hydrogens is 408 g/mol. The van der Waals surface area contributed by atoms with Crippen LogP contribution in [0.3, 0.4) is 0 Å². The molecule has 6 rings (SSSR count). The SMILES string of the molecule is O=C(OCC(=O)C12CC3CC(CC(C3)C1)C2)c1ccc(=O)n(CCOc2ccccc2)n1. The largest absolute Gasteiger partial charge is 0.492 e. The Kier molecular flexibility index (Phi) is 5.57. The van der Waals surface area contributed by atoms with Crippen LogP contribution >= 0.6 is 0 Å². The van der Waals surface area contributed by atoms with E-state index >= 15 is 0 Å². The minimum Gasteiger partial charge on any atom is -0.492 e. The number of esters is 1. The summed E-state index contributed by atoms with van der Waals surface area (Å²) < 4.78 is 12.1. The van der Waals surface area contributed by atoms with Gasteiger partial charge in [-0.05, 0) is 74.5 Å². The lowest BCUT2D eigenvalue weighted by Crippen LogP contribution is -2.51. The Labute approximate surface area is 186 Å². The van der Waals surface area contributed by atoms with E-state index in [1.54, 1.807) is 0 Å². The van der Waals surface area contributed by atoms with Crippen molar-refractivity contribution in [2.24, 2.45) is 23.2 Å². The molecule has 168 valence electrons. The molecule has 0 N–H and O–H groups in total. The van der Waals surface area contributed by atoms with Gasteiger partial charge in [0.25, 0.3) is 5.56 Å². The molecule has 4 aliphatic carbocycles. The fraction of sp³-hybridized carbons (Fsp3) is 0.520. The normalized spacial score (nSPS) is 27.8. The number of nitrogens with zero attached hydrogens (tertiary/aromatic N) is 2. The molecule has 4 fully saturated rings. The van der Waals surface area contributed by atoms with Crippen LogP contribution < -0.4 is 10.3 Å². The number of carbonyl (C=O) groups is 2. The standard InChI is InChI=1S/C25H28N2O5/c28-22(25-13-17-10-18(14-25)12-19(11-17)15-25)16-32-24(30)21-6-7-23(29)27(26-21)8-9-31-20-4-2-1-3-5-20/h1-7,17-19H,8-16H2. The topological polar surface area (TPSA) is 87.5 Å². The van der Waals surface area contributed by atoms with Crippen LogP contribution in [-0.2, 0) is 16.1 Å². The molecule has 0 unspecified atom stereocenters. The molecular formula is C25H28N2O5. The van der Waals surface area contributed by atoms with Crippen molar-refractivity contribution in [1.29, 1.82) is 0 Å². The summed E-state index contributed by atoms with van der Waals surface area (Å²) in [5.74, 6) is 2.03. The van der Waals surface area contributed by atoms with Crippen LogP contribution in [0.5, 0.6) is 5.75 Å². The van der Waals surface area contributed by atoms with Gasteiger partial charge in [0.05, 0.1) is 6.54 Å². The molecule has 0 saturated heterocycles. The first-order valence-corrected chi connectivity index (χ1v) is 11.5. The Morgan fingerprint density at radius 1 is 0.969 bits per heavy atom. The molecule has 1 aromatic carbocycles. The predicted octanol–water partition coefficient (Wildman–Crippen LogP) is 3.26. The zero-order chi connectivity index (χ0) is 22.1. The zero-order valence-corrected chi connectivity index (χ0v) is 18.1. The van der Waals surface area contributed by atoms with Crippen molar-refractivity contribution in [3.63, 3.8) is 0 Å². The van der Waals surface area contributed by atoms with E-state index in [4.69, 9.17) is 9.47 Å². The van der Waals surface area contributed by atoms with E-state index in [1.807, 2.05) is 30.3 Å². The first kappa shape index (κ1) is 20.9. The fourth-order valence-electron chi connectivity index (χ4n) is 6.29. The van der Waals surface area contributed by atoms with Crippen molar-refractivity contribution in [2.45, 2.75) is 45.1 Å². The number of ether oxygens (including phenoxy) is 2. The average molecular weight is 437 g/mol. The van der Waals surface area contributed by atoms with Gasteiger partial charge in [-0.15, -0.1) is 0 Å². The summed E-state index contributed by atoms with van der Waals surface area (Å²) in [5, 5.41) is 4.11. The lowest BCUT2D eigenvalue weighted by atomic mass is 9.48. The van der Waals surface area contributed by atoms with Gasteiger partial charge in [-0.25, -0.2) is 9.48 Å². The number of aromatic nitrogens is 2. The molecule has 4 saturated carbocycles. The number of rotatable bonds is 8. The lowest BCUT2D eigenvalue weighted by molar-refractivity contribution is -0.147. The molecule has 7 heteroatoms. The maximum absolute atomic E-state index is 13.1. The van der Waals surface area contributed by atoms with Crippen LogP contribution in [0.25, 0.3) is 0 Å². The number of Topliss-reactive ketones (excluding diaryl/α,β-unsaturated/α-hetero) is 1. The molecule has 0 radical (unpaired) electrons. The maximum Gasteiger partial charge on any atom is 0.359 e. The van der Waals surface area contributed by atoms with Gasteiger partial charge in [-0.3, -0.25) is 9.59 Å². The molecule has 32 heavy (non-hydrogen) atoms. The van der Waals surface area contributed by atoms with Gasteiger partial charge < -0.3 is 9.47 Å². The quantitative estimate of drug-likeness (QED) is 0.591. The highest BCUT2D eigenvalue weighted by molar-refractivity contribution is 5.92. The molecule has 4 bridgehead atoms. The number of hydrogen-bond donors (Lipinski definition) is 0. The van der Waals surface area contributed by atoms with Crippen LogP contribution in [0.2, 0.25) is 0 Å². The van der Waals surface area contributed by atoms with Gasteiger partial charge in [0.15, 0.2) is 18.1 Å². The first-order valence-electron chi connectivity index (χ1n) is 11.5. The molecule has 0 aliphatic heterocycles. The van der Waals surface area contributed by atoms with E-state index in [0.29, 0.717) is 23.5 Å². The Balaban J connectivity index is 1.18. The zero-order valence-electron chi connectivity index (χ0n) is 18.1. The van der Waals surface area contributed by atoms with E-state index in [-0.39, 0.29) is 42.2 Å². The Morgan fingerprint density at radius 2 is 1.62 bits per heavy atom. The molecule has 4 aliphatic rings. The van der Waals surface area contributed by atoms with Gasteiger partial charge in [-0.1, -0.05) is 18.2 Å². The maximum atomic E-state index is 13.1. The highest BCUT2D eigenvalue weighted by Crippen LogP contribution is 2.60. The van der Waals surface area contributed by atoms with Crippen molar-refractivity contribution < 1.29 is 19.1 Å². The highest BCUT2D eigenvalue weighted by Gasteiger charge is 2.54. The summed E-state index contributed by atoms with van der Waals surface area (Å²) in [5.41, 5.74) is -0.610. The van der Waals surface area contributed by atoms with Crippen LogP contribution in [0.4, 0.5) is 0 Å². The fourth-order valence-corrected chi connectivity index (χ4v) is 6.29. The van der Waals surface area contributed by atoms with Gasteiger partial charge in [0, 0.05) is 11.5 Å². The average Bonchev–Trinajstić information content (AvgIpc) is 2.78. The second-order valence-corrected chi connectivity index (χ2v) is 9.64. The molecule has 2 aromatic rings. The van der Waals surface area contributed by atoms with Crippen molar-refractivity contribution >= 4 is 11.8 Å². The van der Waals surface area contributed by atoms with Crippen molar-refractivity contribution in [3.05, 3.63) is 58.5 Å². The summed E-state index contributed by atoms with van der Waals surface area (Å²) in [6.45, 7) is 0.212. The summed E-state index contributed by atoms with van der Waals surface area (Å²) in [6.07, 6.45) is 6.60. The van der Waals surface area contributed by atoms with Crippen molar-refractivity contribution in [1.82, 2.24) is 9.78 Å². The van der Waals surface area contributed by atoms with Crippen LogP contribution in [0.15, 0.2) is 47.3 Å². The van der Waals surface area contributed by atoms with Crippen LogP contribution in [0, 0.1) is 23.2 Å². The number of carbonyl (C=O) groups excluding carboxylic acids is 2. The van der Waals surface area contributed by atoms with Crippen LogP contribution in [0.1, 0.15) is 49.0 Å². The highest BCUT2D eigenvalue weighted by atomic mass is 16.5. The number of benzene rings is 1. The third kappa shape index (κ3) is 4.20. The van der Waals surface area contributed by atoms with E-state index in [0.717, 1.165) is 19.3 Å². The summed E-state index contributed by atoms with van der Waals surface area (Å²) in [7, 11) is 0. The van der Waals surface area contributed by atoms with Gasteiger partial charge in [0.1, 0.15) is 12.4 Å². The number of ketones is 1. The Bertz CT molecular complexity index is 1030. The molecule has 7 nitrogen and oxygen atoms in total. The molecule has 0 spiro atoms. The second kappa shape index (κ2) is 8.52. The third-order valence-corrected chi connectivity index (χ3v) is 7.35. The van der Waals surface area contributed by atoms with Crippen molar-refractivity contribution in [3.8, 4) is 5.75 Å². The minimum atomic E-state index is -0.680. The van der Waals surface area contributed by atoms with Gasteiger partial charge >= 0.3 is 5.97 Å². The second-order valence-electron chi connectivity index (χ2n) is 9.64. The third-order valence-electron chi connectivity index (χ3n) is 7.35.